The van der Waals surface area contributed by atoms with Gasteiger partial charge in [0.1, 0.15) is 11.5 Å². The molecular weight excluding hydrogens is 532 g/mol. The number of carbonyl (C=O) groups excluding carboxylic acids is 1. The molecule has 0 fully saturated rings. The van der Waals surface area contributed by atoms with E-state index in [-0.39, 0.29) is 24.3 Å². The Balaban J connectivity index is 1.36. The summed E-state index contributed by atoms with van der Waals surface area (Å²) in [5.41, 5.74) is 3.81. The minimum Gasteiger partial charge on any atom is -0.414 e. The highest BCUT2D eigenvalue weighted by Crippen LogP contribution is 2.40. The Hall–Kier alpha value is -5.16. The standard InChI is InChI=1S/C31H30N8O3/c1-4-39-29(41)21-14-13-20(16-23(21)31(39,2)3)34-30-33-17-22(27-37-38-28(42-27)24-12-8-9-15-32-24)26(36-30)35-25(18-40)19-10-6-5-7-11-19/h5-17,25,40H,4,18H2,1-3H3,(H2,33,34,35,36)/t25-/m1/s1. The van der Waals surface area contributed by atoms with Crippen LogP contribution >= 0.6 is 0 Å². The van der Waals surface area contributed by atoms with Gasteiger partial charge in [-0.1, -0.05) is 36.4 Å². The van der Waals surface area contributed by atoms with Crippen LogP contribution in [0.25, 0.3) is 23.0 Å². The Bertz CT molecular complexity index is 1720. The van der Waals surface area contributed by atoms with Gasteiger partial charge in [-0.15, -0.1) is 10.2 Å². The molecule has 1 aliphatic heterocycles. The SMILES string of the molecule is CCN1C(=O)c2ccc(Nc3ncc(-c4nnc(-c5ccccn5)o4)c(N[C@H](CO)c4ccccc4)n3)cc2C1(C)C. The molecule has 1 aliphatic rings. The number of aliphatic hydroxyl groups is 1. The molecule has 3 N–H and O–H groups in total. The molecule has 3 aromatic heterocycles. The van der Waals surface area contributed by atoms with Crippen molar-refractivity contribution in [1.82, 2.24) is 30.0 Å². The van der Waals surface area contributed by atoms with E-state index in [9.17, 15) is 9.90 Å². The summed E-state index contributed by atoms with van der Waals surface area (Å²) in [6.07, 6.45) is 3.24. The van der Waals surface area contributed by atoms with E-state index in [1.807, 2.05) is 80.3 Å². The van der Waals surface area contributed by atoms with Crippen LogP contribution in [0.5, 0.6) is 0 Å². The quantitative estimate of drug-likeness (QED) is 0.220. The summed E-state index contributed by atoms with van der Waals surface area (Å²) in [6, 6.07) is 20.2. The molecule has 4 heterocycles. The Morgan fingerprint density at radius 2 is 1.76 bits per heavy atom. The Kier molecular flexibility index (Phi) is 7.09. The molecule has 11 nitrogen and oxygen atoms in total. The molecular formula is C31H30N8O3. The second kappa shape index (κ2) is 11.0. The molecule has 5 aromatic rings. The van der Waals surface area contributed by atoms with Crippen LogP contribution in [0, 0.1) is 0 Å². The lowest BCUT2D eigenvalue weighted by molar-refractivity contribution is 0.0635. The van der Waals surface area contributed by atoms with Gasteiger partial charge in [0.25, 0.3) is 17.7 Å². The summed E-state index contributed by atoms with van der Waals surface area (Å²) in [4.78, 5) is 28.3. The summed E-state index contributed by atoms with van der Waals surface area (Å²) in [6.45, 7) is 6.50. The summed E-state index contributed by atoms with van der Waals surface area (Å²) in [5, 5.41) is 25.2. The lowest BCUT2D eigenvalue weighted by atomic mass is 9.93. The number of amides is 1. The predicted octanol–water partition coefficient (Wildman–Crippen LogP) is 5.19. The van der Waals surface area contributed by atoms with E-state index in [2.05, 4.69) is 30.8 Å². The van der Waals surface area contributed by atoms with Crippen molar-refractivity contribution in [2.24, 2.45) is 0 Å². The number of pyridine rings is 1. The molecule has 0 spiro atoms. The second-order valence-corrected chi connectivity index (χ2v) is 10.4. The highest BCUT2D eigenvalue weighted by molar-refractivity contribution is 6.00. The molecule has 42 heavy (non-hydrogen) atoms. The predicted molar refractivity (Wildman–Crippen MR) is 158 cm³/mol. The van der Waals surface area contributed by atoms with Gasteiger partial charge < -0.3 is 25.1 Å². The minimum absolute atomic E-state index is 0.0247. The highest BCUT2D eigenvalue weighted by atomic mass is 16.4. The fraction of sp³-hybridized carbons (Fsp3) is 0.226. The molecule has 0 radical (unpaired) electrons. The van der Waals surface area contributed by atoms with Crippen molar-refractivity contribution in [3.05, 3.63) is 95.8 Å². The van der Waals surface area contributed by atoms with Gasteiger partial charge >= 0.3 is 0 Å². The Morgan fingerprint density at radius 3 is 2.50 bits per heavy atom. The highest BCUT2D eigenvalue weighted by Gasteiger charge is 2.42. The number of aromatic nitrogens is 5. The van der Waals surface area contributed by atoms with Gasteiger partial charge in [0.2, 0.25) is 5.95 Å². The maximum absolute atomic E-state index is 12.9. The molecule has 0 aliphatic carbocycles. The minimum atomic E-state index is -0.460. The molecule has 1 atom stereocenters. The third-order valence-corrected chi connectivity index (χ3v) is 7.43. The molecule has 11 heteroatoms. The lowest BCUT2D eigenvalue weighted by Crippen LogP contribution is -2.38. The summed E-state index contributed by atoms with van der Waals surface area (Å²) in [5.74, 6) is 1.19. The van der Waals surface area contributed by atoms with Gasteiger partial charge in [-0.2, -0.15) is 4.98 Å². The molecule has 0 saturated carbocycles. The third-order valence-electron chi connectivity index (χ3n) is 7.43. The van der Waals surface area contributed by atoms with Crippen molar-refractivity contribution in [1.29, 1.82) is 0 Å². The van der Waals surface area contributed by atoms with Gasteiger partial charge in [-0.25, -0.2) is 4.98 Å². The first-order chi connectivity index (χ1) is 20.4. The molecule has 1 amide bonds. The number of nitrogens with one attached hydrogen (secondary N) is 2. The fourth-order valence-corrected chi connectivity index (χ4v) is 5.25. The van der Waals surface area contributed by atoms with E-state index in [1.165, 1.54) is 0 Å². The molecule has 0 unspecified atom stereocenters. The van der Waals surface area contributed by atoms with Gasteiger partial charge in [-0.05, 0) is 62.2 Å². The molecule has 0 saturated heterocycles. The van der Waals surface area contributed by atoms with Crippen LogP contribution in [-0.2, 0) is 5.54 Å². The van der Waals surface area contributed by atoms with E-state index in [0.717, 1.165) is 16.8 Å². The van der Waals surface area contributed by atoms with Crippen LogP contribution in [0.3, 0.4) is 0 Å². The van der Waals surface area contributed by atoms with Crippen molar-refractivity contribution >= 4 is 23.4 Å². The van der Waals surface area contributed by atoms with Crippen molar-refractivity contribution in [3.8, 4) is 23.0 Å². The van der Waals surface area contributed by atoms with Crippen molar-refractivity contribution < 1.29 is 14.3 Å². The monoisotopic (exact) mass is 562 g/mol. The average Bonchev–Trinajstić information content (AvgIpc) is 3.57. The smallest absolute Gasteiger partial charge is 0.266 e. The maximum Gasteiger partial charge on any atom is 0.266 e. The molecule has 212 valence electrons. The lowest BCUT2D eigenvalue weighted by Gasteiger charge is -2.31. The van der Waals surface area contributed by atoms with Crippen LogP contribution in [0.15, 0.2) is 83.5 Å². The number of hydrogen-bond acceptors (Lipinski definition) is 10. The largest absolute Gasteiger partial charge is 0.414 e. The summed E-state index contributed by atoms with van der Waals surface area (Å²) < 4.78 is 5.96. The zero-order valence-corrected chi connectivity index (χ0v) is 23.4. The first-order valence-electron chi connectivity index (χ1n) is 13.7. The summed E-state index contributed by atoms with van der Waals surface area (Å²) >= 11 is 0. The molecule has 6 rings (SSSR count). The molecule has 0 bridgehead atoms. The van der Waals surface area contributed by atoms with Gasteiger partial charge in [0, 0.05) is 30.2 Å². The van der Waals surface area contributed by atoms with E-state index >= 15 is 0 Å². The van der Waals surface area contributed by atoms with Crippen molar-refractivity contribution in [2.75, 3.05) is 23.8 Å². The zero-order valence-electron chi connectivity index (χ0n) is 23.4. The number of hydrogen-bond donors (Lipinski definition) is 3. The van der Waals surface area contributed by atoms with E-state index in [1.54, 1.807) is 24.5 Å². The topological polar surface area (TPSA) is 142 Å². The summed E-state index contributed by atoms with van der Waals surface area (Å²) in [7, 11) is 0. The van der Waals surface area contributed by atoms with Gasteiger partial charge in [0.15, 0.2) is 0 Å². The Morgan fingerprint density at radius 1 is 0.976 bits per heavy atom. The van der Waals surface area contributed by atoms with Crippen LogP contribution in [0.2, 0.25) is 0 Å². The van der Waals surface area contributed by atoms with Crippen LogP contribution in [0.4, 0.5) is 17.5 Å². The average molecular weight is 563 g/mol. The van der Waals surface area contributed by atoms with E-state index in [4.69, 9.17) is 9.40 Å². The van der Waals surface area contributed by atoms with Gasteiger partial charge in [0.05, 0.1) is 23.8 Å². The number of benzene rings is 2. The fourth-order valence-electron chi connectivity index (χ4n) is 5.25. The number of fused-ring (bicyclic) bond motifs is 1. The number of aliphatic hydroxyl groups excluding tert-OH is 1. The van der Waals surface area contributed by atoms with E-state index < -0.39 is 11.6 Å². The zero-order chi connectivity index (χ0) is 29.3. The van der Waals surface area contributed by atoms with Crippen LogP contribution in [-0.4, -0.2) is 54.2 Å². The Labute approximate surface area is 242 Å². The van der Waals surface area contributed by atoms with Crippen LogP contribution in [0.1, 0.15) is 48.3 Å². The van der Waals surface area contributed by atoms with Crippen molar-refractivity contribution in [3.63, 3.8) is 0 Å². The number of carbonyl (C=O) groups is 1. The normalized spacial score (nSPS) is 14.5. The first-order valence-corrected chi connectivity index (χ1v) is 13.7. The first kappa shape index (κ1) is 27.0. The number of nitrogens with zero attached hydrogens (tertiary/aromatic N) is 6. The third kappa shape index (κ3) is 4.94. The maximum atomic E-state index is 12.9. The second-order valence-electron chi connectivity index (χ2n) is 10.4. The van der Waals surface area contributed by atoms with E-state index in [0.29, 0.717) is 35.1 Å². The van der Waals surface area contributed by atoms with Crippen LogP contribution < -0.4 is 10.6 Å². The van der Waals surface area contributed by atoms with Crippen molar-refractivity contribution in [2.45, 2.75) is 32.4 Å². The molecule has 2 aromatic carbocycles. The number of anilines is 3. The number of rotatable bonds is 9. The van der Waals surface area contributed by atoms with Gasteiger partial charge in [-0.3, -0.25) is 9.78 Å².